The van der Waals surface area contributed by atoms with Crippen LogP contribution < -0.4 is 0 Å². The van der Waals surface area contributed by atoms with E-state index in [4.69, 9.17) is 5.11 Å². The molecule has 4 aromatic rings. The number of aliphatic hydroxyl groups excluding tert-OH is 1. The first kappa shape index (κ1) is 26.7. The summed E-state index contributed by atoms with van der Waals surface area (Å²) in [4.78, 5) is 16.0. The first-order chi connectivity index (χ1) is 15.1. The van der Waals surface area contributed by atoms with Crippen molar-refractivity contribution in [2.45, 2.75) is 41.5 Å². The van der Waals surface area contributed by atoms with Crippen LogP contribution in [0.15, 0.2) is 60.5 Å². The number of hydrogen-bond donors (Lipinski definition) is 1. The summed E-state index contributed by atoms with van der Waals surface area (Å²) in [5.41, 5.74) is 8.36. The van der Waals surface area contributed by atoms with Gasteiger partial charge in [0.25, 0.3) is 0 Å². The van der Waals surface area contributed by atoms with E-state index in [1.807, 2.05) is 17.5 Å². The molecule has 0 unspecified atom stereocenters. The van der Waals surface area contributed by atoms with Crippen molar-refractivity contribution in [1.82, 2.24) is 4.98 Å². The molecular formula is C28H28IrNO2S-. The second-order valence-electron chi connectivity index (χ2n) is 8.25. The summed E-state index contributed by atoms with van der Waals surface area (Å²) in [5, 5.41) is 9.56. The predicted octanol–water partition coefficient (Wildman–Crippen LogP) is 7.70. The Balaban J connectivity index is 0.000000423. The topological polar surface area (TPSA) is 50.2 Å². The molecule has 0 bridgehead atoms. The maximum absolute atomic E-state index is 10.0. The molecule has 0 aliphatic heterocycles. The molecule has 0 fully saturated rings. The van der Waals surface area contributed by atoms with Gasteiger partial charge in [0.2, 0.25) is 0 Å². The summed E-state index contributed by atoms with van der Waals surface area (Å²) in [6, 6.07) is 18.9. The van der Waals surface area contributed by atoms with E-state index in [9.17, 15) is 4.79 Å². The van der Waals surface area contributed by atoms with Gasteiger partial charge in [-0.25, -0.2) is 0 Å². The summed E-state index contributed by atoms with van der Waals surface area (Å²) in [7, 11) is 0. The molecule has 1 radical (unpaired) electrons. The average molecular weight is 635 g/mol. The maximum atomic E-state index is 10.0. The van der Waals surface area contributed by atoms with Crippen LogP contribution in [0.4, 0.5) is 0 Å². The van der Waals surface area contributed by atoms with E-state index in [-0.39, 0.29) is 31.6 Å². The largest absolute Gasteiger partial charge is 0.512 e. The number of carbonyl (C=O) groups excluding carboxylic acids is 1. The van der Waals surface area contributed by atoms with E-state index in [2.05, 4.69) is 81.2 Å². The van der Waals surface area contributed by atoms with Crippen molar-refractivity contribution in [2.24, 2.45) is 0 Å². The SMILES string of the molecule is CC(=O)/C=C(/C)O.Cc1[c-]c(-c2cc3sc(-c4cc(C)cc(C)c4)cc3cn2)cc(C)c1.[Ir]. The van der Waals surface area contributed by atoms with Gasteiger partial charge in [0.1, 0.15) is 0 Å². The molecule has 0 saturated heterocycles. The third-order valence-electron chi connectivity index (χ3n) is 4.74. The normalized spacial score (nSPS) is 10.9. The van der Waals surface area contributed by atoms with Crippen molar-refractivity contribution in [3.8, 4) is 21.7 Å². The van der Waals surface area contributed by atoms with Gasteiger partial charge in [0, 0.05) is 47.3 Å². The van der Waals surface area contributed by atoms with Gasteiger partial charge in [-0.1, -0.05) is 49.2 Å². The van der Waals surface area contributed by atoms with Crippen LogP contribution in [0.1, 0.15) is 36.1 Å². The van der Waals surface area contributed by atoms with Crippen LogP contribution in [0.5, 0.6) is 0 Å². The number of nitrogens with zero attached hydrogens (tertiary/aromatic N) is 1. The molecule has 0 spiro atoms. The summed E-state index contributed by atoms with van der Waals surface area (Å²) >= 11 is 1.83. The smallest absolute Gasteiger partial charge is 0.155 e. The zero-order valence-electron chi connectivity index (χ0n) is 19.7. The Hall–Kier alpha value is -2.59. The van der Waals surface area contributed by atoms with Crippen LogP contribution in [0.25, 0.3) is 31.8 Å². The maximum Gasteiger partial charge on any atom is 0.155 e. The van der Waals surface area contributed by atoms with Gasteiger partial charge in [0.05, 0.1) is 5.76 Å². The van der Waals surface area contributed by atoms with E-state index in [0.29, 0.717) is 0 Å². The molecule has 4 rings (SSSR count). The Morgan fingerprint density at radius 3 is 2.12 bits per heavy atom. The fourth-order valence-electron chi connectivity index (χ4n) is 3.67. The first-order valence-electron chi connectivity index (χ1n) is 10.5. The van der Waals surface area contributed by atoms with E-state index in [0.717, 1.165) is 16.8 Å². The minimum absolute atomic E-state index is 0. The number of hydrogen-bond acceptors (Lipinski definition) is 4. The summed E-state index contributed by atoms with van der Waals surface area (Å²) in [6.45, 7) is 11.4. The number of fused-ring (bicyclic) bond motifs is 1. The van der Waals surface area contributed by atoms with E-state index < -0.39 is 0 Å². The zero-order valence-corrected chi connectivity index (χ0v) is 23.0. The number of allylic oxidation sites excluding steroid dienone is 2. The van der Waals surface area contributed by atoms with Gasteiger partial charge < -0.3 is 10.1 Å². The number of thiophene rings is 1. The van der Waals surface area contributed by atoms with Gasteiger partial charge in [-0.2, -0.15) is 0 Å². The Morgan fingerprint density at radius 2 is 1.58 bits per heavy atom. The van der Waals surface area contributed by atoms with Gasteiger partial charge in [-0.3, -0.25) is 4.79 Å². The van der Waals surface area contributed by atoms with Crippen molar-refractivity contribution in [3.63, 3.8) is 0 Å². The molecule has 173 valence electrons. The molecule has 0 aliphatic rings. The monoisotopic (exact) mass is 635 g/mol. The third kappa shape index (κ3) is 7.46. The number of rotatable bonds is 3. The number of aryl methyl sites for hydroxylation is 4. The zero-order chi connectivity index (χ0) is 23.4. The molecule has 0 saturated carbocycles. The molecule has 3 nitrogen and oxygen atoms in total. The van der Waals surface area contributed by atoms with Crippen LogP contribution in [0.2, 0.25) is 0 Å². The standard InChI is InChI=1S/C23H20NS.C5H8O2.Ir/c1-14-5-15(2)8-18(7-14)21-12-23-20(13-24-21)11-22(25-23)19-9-16(3)6-17(4)10-19;1-4(6)3-5(2)7;/h5-7,9-13H,1-4H3;3,6H,1-2H3;/q-1;;/b;4-3-;. The van der Waals surface area contributed by atoms with Crippen LogP contribution in [0.3, 0.4) is 0 Å². The van der Waals surface area contributed by atoms with Crippen molar-refractivity contribution in [2.75, 3.05) is 0 Å². The molecule has 2 aromatic carbocycles. The minimum atomic E-state index is -0.125. The number of ketones is 1. The van der Waals surface area contributed by atoms with Gasteiger partial charge in [-0.05, 0) is 45.0 Å². The molecular weight excluding hydrogens is 607 g/mol. The van der Waals surface area contributed by atoms with E-state index in [1.165, 1.54) is 57.1 Å². The molecule has 0 aliphatic carbocycles. The third-order valence-corrected chi connectivity index (χ3v) is 5.89. The second kappa shape index (κ2) is 11.5. The van der Waals surface area contributed by atoms with Crippen LogP contribution in [-0.2, 0) is 24.9 Å². The molecule has 5 heteroatoms. The summed E-state index contributed by atoms with van der Waals surface area (Å²) in [6.07, 6.45) is 3.15. The fraction of sp³-hybridized carbons (Fsp3) is 0.214. The van der Waals surface area contributed by atoms with E-state index in [1.54, 1.807) is 0 Å². The fourth-order valence-corrected chi connectivity index (χ4v) is 4.73. The Bertz CT molecular complexity index is 1230. The van der Waals surface area contributed by atoms with Crippen molar-refractivity contribution in [3.05, 3.63) is 88.8 Å². The first-order valence-corrected chi connectivity index (χ1v) is 11.3. The molecule has 33 heavy (non-hydrogen) atoms. The number of pyridine rings is 1. The van der Waals surface area contributed by atoms with Gasteiger partial charge in [0.15, 0.2) is 5.78 Å². The minimum Gasteiger partial charge on any atom is -0.512 e. The van der Waals surface area contributed by atoms with Crippen LogP contribution in [-0.4, -0.2) is 15.9 Å². The number of aliphatic hydroxyl groups is 1. The molecule has 0 amide bonds. The Labute approximate surface area is 213 Å². The van der Waals surface area contributed by atoms with Gasteiger partial charge in [-0.15, -0.1) is 46.2 Å². The predicted molar refractivity (Wildman–Crippen MR) is 135 cm³/mol. The number of benzene rings is 2. The van der Waals surface area contributed by atoms with Crippen molar-refractivity contribution < 1.29 is 30.0 Å². The summed E-state index contributed by atoms with van der Waals surface area (Å²) in [5.74, 6) is -0.0625. The number of carbonyl (C=O) groups is 1. The van der Waals surface area contributed by atoms with E-state index >= 15 is 0 Å². The quantitative estimate of drug-likeness (QED) is 0.143. The van der Waals surface area contributed by atoms with Gasteiger partial charge >= 0.3 is 0 Å². The molecule has 1 N–H and O–H groups in total. The molecule has 2 aromatic heterocycles. The molecule has 0 atom stereocenters. The Kier molecular flexibility index (Phi) is 9.30. The number of aromatic nitrogens is 1. The Morgan fingerprint density at radius 1 is 0.939 bits per heavy atom. The molecule has 2 heterocycles. The summed E-state index contributed by atoms with van der Waals surface area (Å²) < 4.78 is 1.27. The van der Waals surface area contributed by atoms with Crippen LogP contribution >= 0.6 is 11.3 Å². The average Bonchev–Trinajstić information content (AvgIpc) is 3.09. The second-order valence-corrected chi connectivity index (χ2v) is 9.33. The van der Waals surface area contributed by atoms with Crippen molar-refractivity contribution >= 4 is 27.2 Å². The van der Waals surface area contributed by atoms with Crippen molar-refractivity contribution in [1.29, 1.82) is 0 Å². The van der Waals surface area contributed by atoms with Crippen LogP contribution in [0, 0.1) is 33.8 Å².